The Bertz CT molecular complexity index is 700. The first-order chi connectivity index (χ1) is 11.4. The topological polar surface area (TPSA) is 137 Å². The zero-order valence-electron chi connectivity index (χ0n) is 12.9. The third-order valence-electron chi connectivity index (χ3n) is 2.84. The maximum absolute atomic E-state index is 11.6. The van der Waals surface area contributed by atoms with Gasteiger partial charge < -0.3 is 20.3 Å². The molecule has 1 amide bonds. The summed E-state index contributed by atoms with van der Waals surface area (Å²) in [5, 5.41) is 30.0. The third-order valence-corrected chi connectivity index (χ3v) is 2.84. The second-order valence-corrected chi connectivity index (χ2v) is 4.58. The number of rotatable bonds is 7. The van der Waals surface area contributed by atoms with Crippen LogP contribution in [0.4, 0.5) is 5.69 Å². The van der Waals surface area contributed by atoms with Crippen molar-refractivity contribution < 1.29 is 29.3 Å². The minimum absolute atomic E-state index is 0.0681. The Kier molecular flexibility index (Phi) is 6.97. The number of carbonyl (C=O) groups is 3. The Morgan fingerprint density at radius 1 is 1.17 bits per heavy atom. The summed E-state index contributed by atoms with van der Waals surface area (Å²) in [7, 11) is 0. The van der Waals surface area contributed by atoms with Crippen LogP contribution in [0.2, 0.25) is 0 Å². The molecule has 0 saturated carbocycles. The van der Waals surface area contributed by atoms with Crippen LogP contribution in [0.3, 0.4) is 0 Å². The second-order valence-electron chi connectivity index (χ2n) is 4.58. The van der Waals surface area contributed by atoms with E-state index in [0.717, 1.165) is 0 Å². The minimum Gasteiger partial charge on any atom is -0.506 e. The van der Waals surface area contributed by atoms with E-state index in [9.17, 15) is 19.5 Å². The lowest BCUT2D eigenvalue weighted by Crippen LogP contribution is -2.13. The molecule has 0 fully saturated rings. The number of hydrogen-bond donors (Lipinski definition) is 3. The Labute approximate surface area is 138 Å². The maximum atomic E-state index is 11.6. The number of esters is 1. The van der Waals surface area contributed by atoms with E-state index in [1.807, 2.05) is 0 Å². The number of aliphatic carboxylic acids is 1. The molecule has 3 N–H and O–H groups in total. The van der Waals surface area contributed by atoms with E-state index in [1.54, 1.807) is 13.0 Å². The highest BCUT2D eigenvalue weighted by Crippen LogP contribution is 2.19. The lowest BCUT2D eigenvalue weighted by molar-refractivity contribution is -0.138. The van der Waals surface area contributed by atoms with Crippen molar-refractivity contribution in [3.8, 4) is 6.07 Å². The first kappa shape index (κ1) is 18.7. The van der Waals surface area contributed by atoms with E-state index < -0.39 is 29.2 Å². The number of nitrogens with zero attached hydrogens (tertiary/aromatic N) is 1. The average Bonchev–Trinajstić information content (AvgIpc) is 2.54. The van der Waals surface area contributed by atoms with Crippen LogP contribution in [0, 0.1) is 11.3 Å². The highest BCUT2D eigenvalue weighted by Gasteiger charge is 2.17. The number of hydrogen-bond acceptors (Lipinski definition) is 6. The van der Waals surface area contributed by atoms with E-state index in [-0.39, 0.29) is 25.0 Å². The van der Waals surface area contributed by atoms with Crippen LogP contribution in [0.5, 0.6) is 0 Å². The van der Waals surface area contributed by atoms with Gasteiger partial charge in [-0.25, -0.2) is 4.79 Å². The fourth-order valence-electron chi connectivity index (χ4n) is 1.70. The van der Waals surface area contributed by atoms with Gasteiger partial charge in [-0.15, -0.1) is 0 Å². The summed E-state index contributed by atoms with van der Waals surface area (Å²) in [6.45, 7) is 1.64. The van der Waals surface area contributed by atoms with Crippen molar-refractivity contribution in [2.45, 2.75) is 19.8 Å². The molecule has 8 heteroatoms. The van der Waals surface area contributed by atoms with Crippen LogP contribution in [-0.2, 0) is 19.1 Å². The monoisotopic (exact) mass is 332 g/mol. The summed E-state index contributed by atoms with van der Waals surface area (Å²) in [5.41, 5.74) is 0.0646. The van der Waals surface area contributed by atoms with Crippen molar-refractivity contribution in [1.29, 1.82) is 5.26 Å². The predicted molar refractivity (Wildman–Crippen MR) is 83.7 cm³/mol. The van der Waals surface area contributed by atoms with Gasteiger partial charge in [0.1, 0.15) is 11.8 Å². The van der Waals surface area contributed by atoms with Gasteiger partial charge in [-0.1, -0.05) is 0 Å². The summed E-state index contributed by atoms with van der Waals surface area (Å²) in [5.74, 6) is -2.99. The Hall–Kier alpha value is -3.34. The molecule has 0 aliphatic rings. The van der Waals surface area contributed by atoms with Crippen molar-refractivity contribution in [2.75, 3.05) is 11.9 Å². The third kappa shape index (κ3) is 5.46. The number of nitriles is 1. The largest absolute Gasteiger partial charge is 0.506 e. The number of nitrogens with one attached hydrogen (secondary N) is 1. The van der Waals surface area contributed by atoms with Crippen molar-refractivity contribution in [3.05, 3.63) is 35.4 Å². The second kappa shape index (κ2) is 8.95. The number of carboxylic acids is 1. The minimum atomic E-state index is -1.07. The summed E-state index contributed by atoms with van der Waals surface area (Å²) < 4.78 is 4.68. The van der Waals surface area contributed by atoms with Gasteiger partial charge in [0.15, 0.2) is 5.57 Å². The molecule has 0 aromatic heterocycles. The number of ether oxygens (including phenoxy) is 1. The Morgan fingerprint density at radius 3 is 2.29 bits per heavy atom. The molecule has 0 radical (unpaired) electrons. The van der Waals surface area contributed by atoms with Crippen LogP contribution in [0.1, 0.15) is 25.3 Å². The molecule has 1 aromatic rings. The molecule has 0 heterocycles. The number of carboxylic acid groups (broad SMARTS) is 1. The SMILES string of the molecule is CCOC(=O)/C(C#N)=C(/O)c1ccc(NC(=O)CCC(=O)O)cc1. The number of anilines is 1. The standard InChI is InChI=1S/C16H16N2O6/c1-2-24-16(23)12(9-17)15(22)10-3-5-11(6-4-10)18-13(19)7-8-14(20)21/h3-6,22H,2,7-8H2,1H3,(H,18,19)(H,20,21)/b15-12+. The van der Waals surface area contributed by atoms with Gasteiger partial charge in [-0.3, -0.25) is 9.59 Å². The van der Waals surface area contributed by atoms with Gasteiger partial charge in [0, 0.05) is 17.7 Å². The van der Waals surface area contributed by atoms with Gasteiger partial charge in [-0.05, 0) is 31.2 Å². The zero-order valence-corrected chi connectivity index (χ0v) is 12.9. The molecule has 0 unspecified atom stereocenters. The molecule has 1 rings (SSSR count). The predicted octanol–water partition coefficient (Wildman–Crippen LogP) is 1.85. The smallest absolute Gasteiger partial charge is 0.352 e. The normalized spacial score (nSPS) is 11.0. The first-order valence-electron chi connectivity index (χ1n) is 7.01. The van der Waals surface area contributed by atoms with Crippen molar-refractivity contribution in [1.82, 2.24) is 0 Å². The fourth-order valence-corrected chi connectivity index (χ4v) is 1.70. The number of aliphatic hydroxyl groups is 1. The van der Waals surface area contributed by atoms with Gasteiger partial charge in [-0.2, -0.15) is 5.26 Å². The van der Waals surface area contributed by atoms with Crippen LogP contribution in [-0.4, -0.2) is 34.7 Å². The van der Waals surface area contributed by atoms with Crippen molar-refractivity contribution in [2.24, 2.45) is 0 Å². The average molecular weight is 332 g/mol. The van der Waals surface area contributed by atoms with Crippen LogP contribution < -0.4 is 5.32 Å². The molecule has 24 heavy (non-hydrogen) atoms. The number of aliphatic hydroxyl groups excluding tert-OH is 1. The van der Waals surface area contributed by atoms with Gasteiger partial charge >= 0.3 is 11.9 Å². The van der Waals surface area contributed by atoms with Crippen molar-refractivity contribution in [3.63, 3.8) is 0 Å². The first-order valence-corrected chi connectivity index (χ1v) is 7.01. The molecule has 0 aliphatic heterocycles. The van der Waals surface area contributed by atoms with Crippen LogP contribution >= 0.6 is 0 Å². The summed E-state index contributed by atoms with van der Waals surface area (Å²) >= 11 is 0. The van der Waals surface area contributed by atoms with Crippen LogP contribution in [0.15, 0.2) is 29.8 Å². The van der Waals surface area contributed by atoms with Gasteiger partial charge in [0.25, 0.3) is 0 Å². The molecule has 0 spiro atoms. The highest BCUT2D eigenvalue weighted by atomic mass is 16.5. The quantitative estimate of drug-likeness (QED) is 0.300. The molecule has 8 nitrogen and oxygen atoms in total. The number of benzene rings is 1. The van der Waals surface area contributed by atoms with Crippen molar-refractivity contribution >= 4 is 29.3 Å². The maximum Gasteiger partial charge on any atom is 0.352 e. The van der Waals surface area contributed by atoms with E-state index in [4.69, 9.17) is 10.4 Å². The molecule has 0 saturated heterocycles. The summed E-state index contributed by atoms with van der Waals surface area (Å²) in [6.07, 6.45) is -0.442. The van der Waals surface area contributed by atoms with E-state index in [1.165, 1.54) is 24.3 Å². The van der Waals surface area contributed by atoms with E-state index in [2.05, 4.69) is 10.1 Å². The highest BCUT2D eigenvalue weighted by molar-refractivity contribution is 6.00. The fraction of sp³-hybridized carbons (Fsp3) is 0.250. The zero-order chi connectivity index (χ0) is 18.1. The molecular weight excluding hydrogens is 316 g/mol. The Morgan fingerprint density at radius 2 is 1.79 bits per heavy atom. The van der Waals surface area contributed by atoms with E-state index in [0.29, 0.717) is 5.69 Å². The number of amides is 1. The lowest BCUT2D eigenvalue weighted by Gasteiger charge is -2.07. The van der Waals surface area contributed by atoms with Gasteiger partial charge in [0.2, 0.25) is 5.91 Å². The number of carbonyl (C=O) groups excluding carboxylic acids is 2. The van der Waals surface area contributed by atoms with Crippen LogP contribution in [0.25, 0.3) is 5.76 Å². The summed E-state index contributed by atoms with van der Waals surface area (Å²) in [6, 6.07) is 7.29. The summed E-state index contributed by atoms with van der Waals surface area (Å²) in [4.78, 5) is 33.5. The van der Waals surface area contributed by atoms with Gasteiger partial charge in [0.05, 0.1) is 13.0 Å². The molecule has 0 aliphatic carbocycles. The van der Waals surface area contributed by atoms with E-state index >= 15 is 0 Å². The lowest BCUT2D eigenvalue weighted by atomic mass is 10.1. The molecule has 0 atom stereocenters. The molecule has 1 aromatic carbocycles. The molecule has 0 bridgehead atoms. The Balaban J connectivity index is 2.86. The molecule has 126 valence electrons. The molecular formula is C16H16N2O6.